The second kappa shape index (κ2) is 6.75. The molecule has 0 radical (unpaired) electrons. The average molecular weight is 350 g/mol. The van der Waals surface area contributed by atoms with E-state index in [2.05, 4.69) is 72.6 Å². The number of hydrogen-bond acceptors (Lipinski definition) is 2. The zero-order valence-corrected chi connectivity index (χ0v) is 14.8. The van der Waals surface area contributed by atoms with Crippen molar-refractivity contribution in [2.45, 2.75) is 52.6 Å². The van der Waals surface area contributed by atoms with Crippen molar-refractivity contribution in [2.75, 3.05) is 0 Å². The summed E-state index contributed by atoms with van der Waals surface area (Å²) in [5, 5.41) is 4.77. The summed E-state index contributed by atoms with van der Waals surface area (Å²) in [7, 11) is 0. The quantitative estimate of drug-likeness (QED) is 0.880. The molecule has 0 aliphatic carbocycles. The molecule has 0 fully saturated rings. The smallest absolute Gasteiger partial charge is 0.0922 e. The van der Waals surface area contributed by atoms with E-state index in [1.807, 2.05) is 0 Å². The molecule has 0 bridgehead atoms. The highest BCUT2D eigenvalue weighted by Gasteiger charge is 2.24. The van der Waals surface area contributed by atoms with Crippen LogP contribution in [-0.2, 0) is 6.42 Å². The van der Waals surface area contributed by atoms with Gasteiger partial charge in [-0.3, -0.25) is 4.68 Å². The second-order valence-corrected chi connectivity index (χ2v) is 6.43. The molecule has 2 rings (SSSR count). The minimum atomic E-state index is 0.0499. The molecule has 4 heteroatoms. The molecule has 1 aromatic heterocycles. The van der Waals surface area contributed by atoms with Crippen LogP contribution in [0.2, 0.25) is 0 Å². The normalized spacial score (nSPS) is 14.2. The second-order valence-electron chi connectivity index (χ2n) is 5.52. The van der Waals surface area contributed by atoms with Crippen LogP contribution in [0.15, 0.2) is 28.7 Å². The van der Waals surface area contributed by atoms with Gasteiger partial charge in [0.2, 0.25) is 0 Å². The van der Waals surface area contributed by atoms with Gasteiger partial charge in [0, 0.05) is 16.2 Å². The van der Waals surface area contributed by atoms with Gasteiger partial charge in [0.1, 0.15) is 0 Å². The molecule has 2 atom stereocenters. The topological polar surface area (TPSA) is 43.8 Å². The fourth-order valence-corrected chi connectivity index (χ4v) is 3.20. The van der Waals surface area contributed by atoms with Crippen molar-refractivity contribution < 1.29 is 0 Å². The molecule has 0 saturated carbocycles. The first-order valence-corrected chi connectivity index (χ1v) is 8.34. The molecule has 0 amide bonds. The van der Waals surface area contributed by atoms with Gasteiger partial charge in [0.25, 0.3) is 0 Å². The summed E-state index contributed by atoms with van der Waals surface area (Å²) in [5.74, 6) is 0. The van der Waals surface area contributed by atoms with Gasteiger partial charge in [-0.05, 0) is 49.9 Å². The van der Waals surface area contributed by atoms with Crippen molar-refractivity contribution in [3.05, 3.63) is 51.3 Å². The molecule has 2 unspecified atom stereocenters. The number of nitrogens with zero attached hydrogens (tertiary/aromatic N) is 2. The van der Waals surface area contributed by atoms with Crippen LogP contribution in [0.1, 0.15) is 48.8 Å². The van der Waals surface area contributed by atoms with Gasteiger partial charge in [-0.2, -0.15) is 5.10 Å². The first-order chi connectivity index (χ1) is 9.99. The Kier molecular flexibility index (Phi) is 5.22. The molecule has 1 aromatic carbocycles. The average Bonchev–Trinajstić information content (AvgIpc) is 2.75. The highest BCUT2D eigenvalue weighted by atomic mass is 79.9. The SMILES string of the molecule is CCc1c(C)nn(C(c2ccc(Br)cc2)C(N)CC)c1C. The maximum atomic E-state index is 6.42. The predicted molar refractivity (Wildman–Crippen MR) is 91.6 cm³/mol. The molecule has 0 spiro atoms. The number of aromatic nitrogens is 2. The van der Waals surface area contributed by atoms with E-state index in [0.717, 1.165) is 23.0 Å². The van der Waals surface area contributed by atoms with Crippen LogP contribution in [0.4, 0.5) is 0 Å². The maximum absolute atomic E-state index is 6.42. The minimum Gasteiger partial charge on any atom is -0.326 e. The van der Waals surface area contributed by atoms with Gasteiger partial charge in [0.05, 0.1) is 11.7 Å². The zero-order valence-electron chi connectivity index (χ0n) is 13.2. The Bertz CT molecular complexity index is 601. The first kappa shape index (κ1) is 16.2. The van der Waals surface area contributed by atoms with Crippen LogP contribution in [0.25, 0.3) is 0 Å². The van der Waals surface area contributed by atoms with Crippen LogP contribution in [0.5, 0.6) is 0 Å². The molecular weight excluding hydrogens is 326 g/mol. The number of benzene rings is 1. The third-order valence-corrected chi connectivity index (χ3v) is 4.71. The van der Waals surface area contributed by atoms with Crippen molar-refractivity contribution >= 4 is 15.9 Å². The fraction of sp³-hybridized carbons (Fsp3) is 0.471. The van der Waals surface area contributed by atoms with Crippen molar-refractivity contribution in [1.29, 1.82) is 0 Å². The predicted octanol–water partition coefficient (Wildman–Crippen LogP) is 4.15. The van der Waals surface area contributed by atoms with E-state index in [1.54, 1.807) is 0 Å². The van der Waals surface area contributed by atoms with Gasteiger partial charge in [-0.1, -0.05) is 41.9 Å². The molecule has 2 N–H and O–H groups in total. The molecule has 0 aliphatic heterocycles. The molecule has 21 heavy (non-hydrogen) atoms. The van der Waals surface area contributed by atoms with Crippen LogP contribution in [-0.4, -0.2) is 15.8 Å². The summed E-state index contributed by atoms with van der Waals surface area (Å²) >= 11 is 3.49. The molecule has 1 heterocycles. The van der Waals surface area contributed by atoms with Gasteiger partial charge < -0.3 is 5.73 Å². The van der Waals surface area contributed by atoms with Crippen molar-refractivity contribution in [3.8, 4) is 0 Å². The molecule has 3 nitrogen and oxygen atoms in total. The van der Waals surface area contributed by atoms with E-state index in [-0.39, 0.29) is 12.1 Å². The Morgan fingerprint density at radius 2 is 1.81 bits per heavy atom. The van der Waals surface area contributed by atoms with E-state index in [4.69, 9.17) is 10.8 Å². The first-order valence-electron chi connectivity index (χ1n) is 7.55. The Balaban J connectivity index is 2.53. The van der Waals surface area contributed by atoms with Crippen LogP contribution < -0.4 is 5.73 Å². The molecule has 2 aromatic rings. The van der Waals surface area contributed by atoms with E-state index in [9.17, 15) is 0 Å². The highest BCUT2D eigenvalue weighted by molar-refractivity contribution is 9.10. The van der Waals surface area contributed by atoms with Crippen LogP contribution >= 0.6 is 15.9 Å². The number of rotatable bonds is 5. The van der Waals surface area contributed by atoms with E-state index in [0.29, 0.717) is 0 Å². The van der Waals surface area contributed by atoms with Gasteiger partial charge in [0.15, 0.2) is 0 Å². The van der Waals surface area contributed by atoms with E-state index in [1.165, 1.54) is 16.8 Å². The fourth-order valence-electron chi connectivity index (χ4n) is 2.93. The monoisotopic (exact) mass is 349 g/mol. The summed E-state index contributed by atoms with van der Waals surface area (Å²) < 4.78 is 3.20. The number of nitrogens with two attached hydrogens (primary N) is 1. The Morgan fingerprint density at radius 1 is 1.19 bits per heavy atom. The van der Waals surface area contributed by atoms with Crippen molar-refractivity contribution in [1.82, 2.24) is 9.78 Å². The van der Waals surface area contributed by atoms with Crippen molar-refractivity contribution in [3.63, 3.8) is 0 Å². The maximum Gasteiger partial charge on any atom is 0.0922 e. The van der Waals surface area contributed by atoms with Crippen LogP contribution in [0.3, 0.4) is 0 Å². The Morgan fingerprint density at radius 3 is 2.29 bits per heavy atom. The largest absolute Gasteiger partial charge is 0.326 e. The Labute approximate surface area is 135 Å². The molecule has 0 saturated heterocycles. The summed E-state index contributed by atoms with van der Waals surface area (Å²) in [6.45, 7) is 8.53. The van der Waals surface area contributed by atoms with Crippen LogP contribution in [0, 0.1) is 13.8 Å². The lowest BCUT2D eigenvalue weighted by Crippen LogP contribution is -2.33. The van der Waals surface area contributed by atoms with Gasteiger partial charge in [-0.25, -0.2) is 0 Å². The number of hydrogen-bond donors (Lipinski definition) is 1. The summed E-state index contributed by atoms with van der Waals surface area (Å²) in [4.78, 5) is 0. The standard InChI is InChI=1S/C17H24BrN3/c1-5-15-11(3)20-21(12(15)4)17(16(19)6-2)13-7-9-14(18)10-8-13/h7-10,16-17H,5-6,19H2,1-4H3. The molecule has 0 aliphatic rings. The summed E-state index contributed by atoms with van der Waals surface area (Å²) in [6.07, 6.45) is 1.92. The van der Waals surface area contributed by atoms with Gasteiger partial charge >= 0.3 is 0 Å². The van der Waals surface area contributed by atoms with E-state index < -0.39 is 0 Å². The lowest BCUT2D eigenvalue weighted by Gasteiger charge is -2.25. The lowest BCUT2D eigenvalue weighted by molar-refractivity contribution is 0.415. The third kappa shape index (κ3) is 3.22. The third-order valence-electron chi connectivity index (χ3n) is 4.18. The highest BCUT2D eigenvalue weighted by Crippen LogP contribution is 2.27. The summed E-state index contributed by atoms with van der Waals surface area (Å²) in [6, 6.07) is 8.53. The van der Waals surface area contributed by atoms with Gasteiger partial charge in [-0.15, -0.1) is 0 Å². The lowest BCUT2D eigenvalue weighted by atomic mass is 9.97. The number of aryl methyl sites for hydroxylation is 1. The molecule has 114 valence electrons. The van der Waals surface area contributed by atoms with E-state index >= 15 is 0 Å². The number of halogens is 1. The Hall–Kier alpha value is -1.13. The zero-order chi connectivity index (χ0) is 15.6. The summed E-state index contributed by atoms with van der Waals surface area (Å²) in [5.41, 5.74) is 11.3. The minimum absolute atomic E-state index is 0.0499. The molecular formula is C17H24BrN3. The van der Waals surface area contributed by atoms with Crippen molar-refractivity contribution in [2.24, 2.45) is 5.73 Å².